The minimum atomic E-state index is 0.921. The Hall–Kier alpha value is -1.97. The van der Waals surface area contributed by atoms with E-state index in [-0.39, 0.29) is 0 Å². The average Bonchev–Trinajstić information content (AvgIpc) is 3.13. The van der Waals surface area contributed by atoms with Gasteiger partial charge in [0, 0.05) is 43.8 Å². The van der Waals surface area contributed by atoms with Crippen LogP contribution in [0.4, 0.5) is 0 Å². The van der Waals surface area contributed by atoms with Gasteiger partial charge in [0.25, 0.3) is 0 Å². The molecule has 0 saturated carbocycles. The monoisotopic (exact) mass is 284 g/mol. The number of nitrogens with zero attached hydrogens (tertiary/aromatic N) is 2. The molecule has 21 heavy (non-hydrogen) atoms. The zero-order valence-electron chi connectivity index (χ0n) is 12.9. The summed E-state index contributed by atoms with van der Waals surface area (Å²) in [5.41, 5.74) is 3.90. The van der Waals surface area contributed by atoms with Gasteiger partial charge in [-0.15, -0.1) is 0 Å². The van der Waals surface area contributed by atoms with Gasteiger partial charge in [-0.3, -0.25) is 4.99 Å². The maximum Gasteiger partial charge on any atom is 0.193 e. The normalized spacial score (nSPS) is 15.9. The van der Waals surface area contributed by atoms with E-state index in [2.05, 4.69) is 51.5 Å². The van der Waals surface area contributed by atoms with Crippen molar-refractivity contribution in [3.8, 4) is 0 Å². The lowest BCUT2D eigenvalue weighted by Crippen LogP contribution is -2.40. The van der Waals surface area contributed by atoms with E-state index in [0.29, 0.717) is 0 Å². The molecule has 0 atom stereocenters. The fourth-order valence-electron chi connectivity index (χ4n) is 3.08. The summed E-state index contributed by atoms with van der Waals surface area (Å²) in [5.74, 6) is 1.04. The molecule has 0 unspecified atom stereocenters. The Balaban J connectivity index is 1.61. The highest BCUT2D eigenvalue weighted by molar-refractivity contribution is 5.84. The Morgan fingerprint density at radius 3 is 2.90 bits per heavy atom. The van der Waals surface area contributed by atoms with E-state index in [1.165, 1.54) is 34.9 Å². The number of benzene rings is 1. The lowest BCUT2D eigenvalue weighted by Gasteiger charge is -2.20. The molecule has 0 aliphatic carbocycles. The molecule has 0 bridgehead atoms. The van der Waals surface area contributed by atoms with Crippen molar-refractivity contribution >= 4 is 16.9 Å². The molecule has 4 heteroatoms. The van der Waals surface area contributed by atoms with Crippen LogP contribution >= 0.6 is 0 Å². The molecule has 1 aromatic carbocycles. The zero-order valence-corrected chi connectivity index (χ0v) is 12.9. The van der Waals surface area contributed by atoms with Gasteiger partial charge in [0.2, 0.25) is 0 Å². The van der Waals surface area contributed by atoms with Crippen LogP contribution < -0.4 is 5.32 Å². The molecule has 1 aromatic heterocycles. The highest BCUT2D eigenvalue weighted by Crippen LogP contribution is 2.19. The van der Waals surface area contributed by atoms with E-state index in [1.807, 2.05) is 7.05 Å². The summed E-state index contributed by atoms with van der Waals surface area (Å²) in [7, 11) is 1.87. The molecule has 4 nitrogen and oxygen atoms in total. The van der Waals surface area contributed by atoms with Gasteiger partial charge < -0.3 is 15.2 Å². The van der Waals surface area contributed by atoms with Crippen LogP contribution in [0.5, 0.6) is 0 Å². The van der Waals surface area contributed by atoms with E-state index >= 15 is 0 Å². The molecule has 2 aromatic rings. The van der Waals surface area contributed by atoms with E-state index < -0.39 is 0 Å². The number of rotatable bonds is 3. The topological polar surface area (TPSA) is 43.4 Å². The number of likely N-dealkylation sites (tertiary alicyclic amines) is 1. The number of H-pyrrole nitrogens is 1. The molecule has 0 spiro atoms. The number of aryl methyl sites for hydroxylation is 1. The molecule has 1 aliphatic rings. The Morgan fingerprint density at radius 2 is 2.14 bits per heavy atom. The second-order valence-corrected chi connectivity index (χ2v) is 5.78. The number of aliphatic imine (C=N–C) groups is 1. The molecule has 0 amide bonds. The smallest absolute Gasteiger partial charge is 0.193 e. The molecule has 112 valence electrons. The van der Waals surface area contributed by atoms with Crippen LogP contribution in [0, 0.1) is 6.92 Å². The average molecular weight is 284 g/mol. The van der Waals surface area contributed by atoms with E-state index in [0.717, 1.165) is 32.0 Å². The van der Waals surface area contributed by atoms with Gasteiger partial charge >= 0.3 is 0 Å². The summed E-state index contributed by atoms with van der Waals surface area (Å²) in [5, 5.41) is 4.82. The minimum absolute atomic E-state index is 0.921. The predicted molar refractivity (Wildman–Crippen MR) is 88.9 cm³/mol. The molecule has 0 radical (unpaired) electrons. The quantitative estimate of drug-likeness (QED) is 0.672. The number of guanidine groups is 1. The number of aromatic amines is 1. The zero-order chi connectivity index (χ0) is 14.7. The number of aromatic nitrogens is 1. The van der Waals surface area contributed by atoms with E-state index in [9.17, 15) is 0 Å². The number of hydrogen-bond donors (Lipinski definition) is 2. The largest absolute Gasteiger partial charge is 0.361 e. The van der Waals surface area contributed by atoms with Crippen LogP contribution in [0.15, 0.2) is 29.4 Å². The molecule has 1 fully saturated rings. The van der Waals surface area contributed by atoms with Gasteiger partial charge in [0.1, 0.15) is 0 Å². The van der Waals surface area contributed by atoms with Crippen molar-refractivity contribution in [3.05, 3.63) is 35.5 Å². The van der Waals surface area contributed by atoms with Crippen molar-refractivity contribution < 1.29 is 0 Å². The summed E-state index contributed by atoms with van der Waals surface area (Å²) in [6.45, 7) is 5.31. The van der Waals surface area contributed by atoms with Gasteiger partial charge in [-0.25, -0.2) is 0 Å². The Bertz CT molecular complexity index is 635. The first-order valence-corrected chi connectivity index (χ1v) is 7.80. The van der Waals surface area contributed by atoms with Gasteiger partial charge in [0.15, 0.2) is 5.96 Å². The van der Waals surface area contributed by atoms with Gasteiger partial charge in [0.05, 0.1) is 0 Å². The third-order valence-electron chi connectivity index (χ3n) is 4.22. The van der Waals surface area contributed by atoms with Crippen molar-refractivity contribution in [2.24, 2.45) is 4.99 Å². The lowest BCUT2D eigenvalue weighted by molar-refractivity contribution is 0.494. The molecular weight excluding hydrogens is 260 g/mol. The molecule has 3 rings (SSSR count). The highest BCUT2D eigenvalue weighted by Gasteiger charge is 2.15. The van der Waals surface area contributed by atoms with Crippen molar-refractivity contribution in [2.75, 3.05) is 26.7 Å². The van der Waals surface area contributed by atoms with Gasteiger partial charge in [-0.1, -0.05) is 12.1 Å². The second-order valence-electron chi connectivity index (χ2n) is 5.78. The van der Waals surface area contributed by atoms with Crippen LogP contribution in [-0.2, 0) is 6.42 Å². The molecule has 1 saturated heterocycles. The Labute approximate surface area is 126 Å². The Kier molecular flexibility index (Phi) is 4.13. The number of nitrogens with one attached hydrogen (secondary N) is 2. The van der Waals surface area contributed by atoms with Crippen molar-refractivity contribution in [1.82, 2.24) is 15.2 Å². The summed E-state index contributed by atoms with van der Waals surface area (Å²) >= 11 is 0. The fourth-order valence-corrected chi connectivity index (χ4v) is 3.08. The third-order valence-corrected chi connectivity index (χ3v) is 4.22. The number of hydrogen-bond acceptors (Lipinski definition) is 1. The summed E-state index contributed by atoms with van der Waals surface area (Å²) < 4.78 is 0. The fraction of sp³-hybridized carbons (Fsp3) is 0.471. The van der Waals surface area contributed by atoms with Crippen molar-refractivity contribution in [1.29, 1.82) is 0 Å². The maximum atomic E-state index is 4.39. The first kappa shape index (κ1) is 14.0. The molecular formula is C17H24N4. The van der Waals surface area contributed by atoms with E-state index in [4.69, 9.17) is 0 Å². The first-order chi connectivity index (χ1) is 10.3. The highest BCUT2D eigenvalue weighted by atomic mass is 15.3. The van der Waals surface area contributed by atoms with E-state index in [1.54, 1.807) is 0 Å². The minimum Gasteiger partial charge on any atom is -0.361 e. The van der Waals surface area contributed by atoms with Crippen LogP contribution in [0.2, 0.25) is 0 Å². The van der Waals surface area contributed by atoms with Crippen molar-refractivity contribution in [2.45, 2.75) is 26.2 Å². The van der Waals surface area contributed by atoms with Crippen LogP contribution in [0.1, 0.15) is 24.0 Å². The standard InChI is InChI=1S/C17H24N4/c1-13-5-6-15-14(12-20-16(15)11-13)7-8-19-17(18-2)21-9-3-4-10-21/h5-6,11-12,20H,3-4,7-10H2,1-2H3,(H,18,19). The molecule has 2 heterocycles. The van der Waals surface area contributed by atoms with Crippen molar-refractivity contribution in [3.63, 3.8) is 0 Å². The van der Waals surface area contributed by atoms with Crippen LogP contribution in [0.25, 0.3) is 10.9 Å². The second kappa shape index (κ2) is 6.20. The number of fused-ring (bicyclic) bond motifs is 1. The van der Waals surface area contributed by atoms with Gasteiger partial charge in [-0.2, -0.15) is 0 Å². The van der Waals surface area contributed by atoms with Crippen LogP contribution in [0.3, 0.4) is 0 Å². The summed E-state index contributed by atoms with van der Waals surface area (Å²) in [6.07, 6.45) is 5.70. The first-order valence-electron chi connectivity index (χ1n) is 7.80. The Morgan fingerprint density at radius 1 is 1.33 bits per heavy atom. The predicted octanol–water partition coefficient (Wildman–Crippen LogP) is 2.69. The third kappa shape index (κ3) is 3.04. The van der Waals surface area contributed by atoms with Gasteiger partial charge in [-0.05, 0) is 43.4 Å². The summed E-state index contributed by atoms with van der Waals surface area (Å²) in [4.78, 5) is 10.1. The molecule has 1 aliphatic heterocycles. The maximum absolute atomic E-state index is 4.39. The lowest BCUT2D eigenvalue weighted by atomic mass is 10.1. The SMILES string of the molecule is CN=C(NCCc1c[nH]c2cc(C)ccc12)N1CCCC1. The molecule has 2 N–H and O–H groups in total. The summed E-state index contributed by atoms with van der Waals surface area (Å²) in [6, 6.07) is 6.59. The van der Waals surface area contributed by atoms with Crippen LogP contribution in [-0.4, -0.2) is 42.5 Å².